The summed E-state index contributed by atoms with van der Waals surface area (Å²) in [6.45, 7) is 1.41. The molecule has 0 unspecified atom stereocenters. The third-order valence-electron chi connectivity index (χ3n) is 2.27. The Kier molecular flexibility index (Phi) is 3.14. The summed E-state index contributed by atoms with van der Waals surface area (Å²) >= 11 is 0. The molecular formula is C13H11FN2O. The van der Waals surface area contributed by atoms with Crippen LogP contribution in [-0.2, 0) is 0 Å². The highest BCUT2D eigenvalue weighted by molar-refractivity contribution is 5.95. The first-order chi connectivity index (χ1) is 8.15. The molecule has 0 aliphatic heterocycles. The van der Waals surface area contributed by atoms with Crippen LogP contribution in [0.15, 0.2) is 42.7 Å². The van der Waals surface area contributed by atoms with Gasteiger partial charge in [0.2, 0.25) is 0 Å². The van der Waals surface area contributed by atoms with Crippen LogP contribution in [0.2, 0.25) is 0 Å². The quantitative estimate of drug-likeness (QED) is 0.823. The zero-order chi connectivity index (χ0) is 12.3. The molecule has 3 nitrogen and oxygen atoms in total. The van der Waals surface area contributed by atoms with Gasteiger partial charge in [0, 0.05) is 29.3 Å². The number of benzene rings is 1. The van der Waals surface area contributed by atoms with Crippen LogP contribution in [0.25, 0.3) is 0 Å². The van der Waals surface area contributed by atoms with E-state index in [0.29, 0.717) is 11.3 Å². The Morgan fingerprint density at radius 1 is 1.18 bits per heavy atom. The van der Waals surface area contributed by atoms with Crippen LogP contribution in [0, 0.1) is 5.82 Å². The summed E-state index contributed by atoms with van der Waals surface area (Å²) < 4.78 is 13.3. The summed E-state index contributed by atoms with van der Waals surface area (Å²) in [7, 11) is 0. The first kappa shape index (κ1) is 11.3. The molecule has 17 heavy (non-hydrogen) atoms. The minimum absolute atomic E-state index is 0.165. The van der Waals surface area contributed by atoms with Crippen molar-refractivity contribution in [1.82, 2.24) is 4.98 Å². The lowest BCUT2D eigenvalue weighted by Gasteiger charge is -2.07. The second-order valence-corrected chi connectivity index (χ2v) is 3.65. The van der Waals surface area contributed by atoms with Gasteiger partial charge in [-0.15, -0.1) is 0 Å². The van der Waals surface area contributed by atoms with E-state index in [1.165, 1.54) is 19.1 Å². The minimum atomic E-state index is -0.436. The van der Waals surface area contributed by atoms with E-state index in [1.54, 1.807) is 30.6 Å². The van der Waals surface area contributed by atoms with Gasteiger partial charge in [0.1, 0.15) is 5.82 Å². The van der Waals surface area contributed by atoms with Gasteiger partial charge in [0.05, 0.1) is 0 Å². The number of nitrogens with zero attached hydrogens (tertiary/aromatic N) is 1. The van der Waals surface area contributed by atoms with Crippen molar-refractivity contribution in [3.63, 3.8) is 0 Å². The Balaban J connectivity index is 2.30. The van der Waals surface area contributed by atoms with E-state index in [2.05, 4.69) is 10.3 Å². The summed E-state index contributed by atoms with van der Waals surface area (Å²) in [5.41, 5.74) is 1.68. The van der Waals surface area contributed by atoms with Gasteiger partial charge in [-0.05, 0) is 37.3 Å². The largest absolute Gasteiger partial charge is 0.355 e. The number of carbonyl (C=O) groups is 1. The van der Waals surface area contributed by atoms with Crippen LogP contribution in [-0.4, -0.2) is 10.8 Å². The Morgan fingerprint density at radius 3 is 2.53 bits per heavy atom. The smallest absolute Gasteiger partial charge is 0.159 e. The number of anilines is 2. The number of Topliss-reactive ketones (excluding diaryl/α,β-unsaturated/α-hetero) is 1. The van der Waals surface area contributed by atoms with Gasteiger partial charge < -0.3 is 5.32 Å². The van der Waals surface area contributed by atoms with Gasteiger partial charge in [-0.1, -0.05) is 0 Å². The first-order valence-corrected chi connectivity index (χ1v) is 5.14. The molecule has 86 valence electrons. The van der Waals surface area contributed by atoms with Gasteiger partial charge in [-0.3, -0.25) is 9.78 Å². The van der Waals surface area contributed by atoms with Crippen molar-refractivity contribution in [2.24, 2.45) is 0 Å². The van der Waals surface area contributed by atoms with Crippen LogP contribution in [0.5, 0.6) is 0 Å². The molecule has 0 fully saturated rings. The van der Waals surface area contributed by atoms with Crippen molar-refractivity contribution in [2.75, 3.05) is 5.32 Å². The normalized spacial score (nSPS) is 10.0. The number of aromatic nitrogens is 1. The van der Waals surface area contributed by atoms with E-state index < -0.39 is 5.82 Å². The number of rotatable bonds is 3. The maximum atomic E-state index is 13.3. The predicted octanol–water partition coefficient (Wildman–Crippen LogP) is 3.17. The van der Waals surface area contributed by atoms with Gasteiger partial charge >= 0.3 is 0 Å². The number of nitrogens with one attached hydrogen (secondary N) is 1. The molecule has 1 heterocycles. The lowest BCUT2D eigenvalue weighted by molar-refractivity contribution is 0.101. The summed E-state index contributed by atoms with van der Waals surface area (Å²) in [6.07, 6.45) is 3.26. The molecule has 0 bridgehead atoms. The summed E-state index contributed by atoms with van der Waals surface area (Å²) in [4.78, 5) is 15.1. The number of halogens is 1. The maximum Gasteiger partial charge on any atom is 0.159 e. The fraction of sp³-hybridized carbons (Fsp3) is 0.0769. The first-order valence-electron chi connectivity index (χ1n) is 5.14. The zero-order valence-electron chi connectivity index (χ0n) is 9.27. The Labute approximate surface area is 98.3 Å². The van der Waals surface area contributed by atoms with Crippen molar-refractivity contribution in [1.29, 1.82) is 0 Å². The Hall–Kier alpha value is -2.23. The maximum absolute atomic E-state index is 13.3. The number of hydrogen-bond donors (Lipinski definition) is 1. The van der Waals surface area contributed by atoms with Gasteiger partial charge in [0.25, 0.3) is 0 Å². The van der Waals surface area contributed by atoms with E-state index in [4.69, 9.17) is 0 Å². The number of pyridine rings is 1. The van der Waals surface area contributed by atoms with Gasteiger partial charge in [-0.25, -0.2) is 4.39 Å². The topological polar surface area (TPSA) is 42.0 Å². The zero-order valence-corrected chi connectivity index (χ0v) is 9.27. The van der Waals surface area contributed by atoms with Crippen molar-refractivity contribution in [3.05, 3.63) is 54.1 Å². The summed E-state index contributed by atoms with van der Waals surface area (Å²) in [5, 5.41) is 3.01. The monoisotopic (exact) mass is 230 g/mol. The average molecular weight is 230 g/mol. The van der Waals surface area contributed by atoms with Gasteiger partial charge in [-0.2, -0.15) is 0 Å². The number of hydrogen-bond acceptors (Lipinski definition) is 3. The highest BCUT2D eigenvalue weighted by atomic mass is 19.1. The highest BCUT2D eigenvalue weighted by Gasteiger charge is 2.04. The Bertz CT molecular complexity index is 540. The van der Waals surface area contributed by atoms with E-state index in [0.717, 1.165) is 5.69 Å². The third kappa shape index (κ3) is 2.87. The predicted molar refractivity (Wildman–Crippen MR) is 63.9 cm³/mol. The third-order valence-corrected chi connectivity index (χ3v) is 2.27. The molecule has 0 radical (unpaired) electrons. The van der Waals surface area contributed by atoms with Crippen molar-refractivity contribution >= 4 is 17.2 Å². The molecule has 0 aliphatic rings. The minimum Gasteiger partial charge on any atom is -0.355 e. The van der Waals surface area contributed by atoms with Crippen molar-refractivity contribution < 1.29 is 9.18 Å². The van der Waals surface area contributed by atoms with E-state index in [1.807, 2.05) is 0 Å². The second-order valence-electron chi connectivity index (χ2n) is 3.65. The van der Waals surface area contributed by atoms with Crippen LogP contribution >= 0.6 is 0 Å². The molecule has 0 aliphatic carbocycles. The molecule has 1 aromatic carbocycles. The summed E-state index contributed by atoms with van der Waals surface area (Å²) in [5.74, 6) is -0.600. The lowest BCUT2D eigenvalue weighted by Crippen LogP contribution is -1.97. The van der Waals surface area contributed by atoms with E-state index in [9.17, 15) is 9.18 Å². The van der Waals surface area contributed by atoms with Crippen LogP contribution in [0.1, 0.15) is 17.3 Å². The number of carbonyl (C=O) groups excluding carboxylic acids is 1. The SMILES string of the molecule is CC(=O)c1cc(F)cc(Nc2ccncc2)c1. The second kappa shape index (κ2) is 4.74. The molecular weight excluding hydrogens is 219 g/mol. The van der Waals surface area contributed by atoms with Crippen LogP contribution in [0.3, 0.4) is 0 Å². The van der Waals surface area contributed by atoms with Crippen LogP contribution < -0.4 is 5.32 Å². The number of ketones is 1. The van der Waals surface area contributed by atoms with Crippen LogP contribution in [0.4, 0.5) is 15.8 Å². The van der Waals surface area contributed by atoms with E-state index in [-0.39, 0.29) is 5.78 Å². The average Bonchev–Trinajstić information content (AvgIpc) is 2.29. The molecule has 1 N–H and O–H groups in total. The molecule has 4 heteroatoms. The van der Waals surface area contributed by atoms with Crippen molar-refractivity contribution in [3.8, 4) is 0 Å². The molecule has 0 saturated heterocycles. The summed E-state index contributed by atoms with van der Waals surface area (Å²) in [6, 6.07) is 7.70. The molecule has 2 aromatic rings. The molecule has 0 saturated carbocycles. The highest BCUT2D eigenvalue weighted by Crippen LogP contribution is 2.19. The fourth-order valence-corrected chi connectivity index (χ4v) is 1.47. The van der Waals surface area contributed by atoms with Gasteiger partial charge in [0.15, 0.2) is 5.78 Å². The van der Waals surface area contributed by atoms with E-state index >= 15 is 0 Å². The fourth-order valence-electron chi connectivity index (χ4n) is 1.47. The lowest BCUT2D eigenvalue weighted by atomic mass is 10.1. The molecule has 0 spiro atoms. The molecule has 0 atom stereocenters. The molecule has 2 rings (SSSR count). The van der Waals surface area contributed by atoms with Crippen molar-refractivity contribution in [2.45, 2.75) is 6.92 Å². The standard InChI is InChI=1S/C13H11FN2O/c1-9(17)10-6-11(14)8-13(7-10)16-12-2-4-15-5-3-12/h2-8H,1H3,(H,15,16). The molecule has 1 aromatic heterocycles. The Morgan fingerprint density at radius 2 is 1.88 bits per heavy atom. The molecule has 0 amide bonds.